The molecule has 0 aromatic heterocycles. The SMILES string of the molecule is CCNC(=NCC(C)C)NCCc1ccc2c(c1)CCO2.I. The molecule has 0 aliphatic carbocycles. The van der Waals surface area contributed by atoms with E-state index in [1.807, 2.05) is 0 Å². The zero-order chi connectivity index (χ0) is 15.1. The lowest BCUT2D eigenvalue weighted by Crippen LogP contribution is -2.38. The Bertz CT molecular complexity index is 489. The average molecular weight is 417 g/mol. The lowest BCUT2D eigenvalue weighted by atomic mass is 10.1. The van der Waals surface area contributed by atoms with E-state index in [1.165, 1.54) is 11.1 Å². The van der Waals surface area contributed by atoms with Gasteiger partial charge in [-0.2, -0.15) is 0 Å². The van der Waals surface area contributed by atoms with E-state index in [0.29, 0.717) is 5.92 Å². The van der Waals surface area contributed by atoms with E-state index in [2.05, 4.69) is 54.6 Å². The number of hydrogen-bond acceptors (Lipinski definition) is 2. The van der Waals surface area contributed by atoms with Crippen molar-refractivity contribution in [2.75, 3.05) is 26.2 Å². The highest BCUT2D eigenvalue weighted by Gasteiger charge is 2.11. The Kier molecular flexibility index (Phi) is 8.60. The van der Waals surface area contributed by atoms with Gasteiger partial charge in [0.05, 0.1) is 6.61 Å². The summed E-state index contributed by atoms with van der Waals surface area (Å²) in [5, 5.41) is 6.68. The van der Waals surface area contributed by atoms with E-state index in [4.69, 9.17) is 4.74 Å². The summed E-state index contributed by atoms with van der Waals surface area (Å²) in [6.45, 7) is 9.91. The van der Waals surface area contributed by atoms with Gasteiger partial charge in [-0.25, -0.2) is 0 Å². The number of ether oxygens (including phenoxy) is 1. The van der Waals surface area contributed by atoms with Crippen molar-refractivity contribution in [1.82, 2.24) is 10.6 Å². The minimum Gasteiger partial charge on any atom is -0.493 e. The first-order chi connectivity index (χ1) is 10.2. The van der Waals surface area contributed by atoms with E-state index >= 15 is 0 Å². The number of aliphatic imine (C=N–C) groups is 1. The fourth-order valence-corrected chi connectivity index (χ4v) is 2.34. The molecule has 2 rings (SSSR count). The summed E-state index contributed by atoms with van der Waals surface area (Å²) in [6, 6.07) is 6.52. The van der Waals surface area contributed by atoms with Gasteiger partial charge in [-0.3, -0.25) is 4.99 Å². The molecule has 22 heavy (non-hydrogen) atoms. The molecule has 0 saturated carbocycles. The van der Waals surface area contributed by atoms with Crippen molar-refractivity contribution in [2.45, 2.75) is 33.6 Å². The van der Waals surface area contributed by atoms with Gasteiger partial charge in [0, 0.05) is 26.1 Å². The molecule has 0 spiro atoms. The van der Waals surface area contributed by atoms with Crippen LogP contribution in [0, 0.1) is 5.92 Å². The largest absolute Gasteiger partial charge is 0.493 e. The Morgan fingerprint density at radius 2 is 2.14 bits per heavy atom. The Morgan fingerprint density at radius 3 is 2.86 bits per heavy atom. The lowest BCUT2D eigenvalue weighted by molar-refractivity contribution is 0.357. The number of hydrogen-bond donors (Lipinski definition) is 2. The van der Waals surface area contributed by atoms with Crippen LogP contribution in [0.4, 0.5) is 0 Å². The number of halogens is 1. The lowest BCUT2D eigenvalue weighted by Gasteiger charge is -2.12. The first-order valence-corrected chi connectivity index (χ1v) is 7.95. The Balaban J connectivity index is 0.00000242. The zero-order valence-electron chi connectivity index (χ0n) is 13.8. The Morgan fingerprint density at radius 1 is 1.32 bits per heavy atom. The molecule has 0 bridgehead atoms. The zero-order valence-corrected chi connectivity index (χ0v) is 16.1. The molecule has 1 aromatic rings. The minimum atomic E-state index is 0. The molecule has 0 atom stereocenters. The third-order valence-corrected chi connectivity index (χ3v) is 3.42. The van der Waals surface area contributed by atoms with Crippen molar-refractivity contribution >= 4 is 29.9 Å². The number of guanidine groups is 1. The number of rotatable bonds is 6. The van der Waals surface area contributed by atoms with Crippen molar-refractivity contribution in [3.63, 3.8) is 0 Å². The molecule has 4 nitrogen and oxygen atoms in total. The van der Waals surface area contributed by atoms with Crippen LogP contribution in [-0.4, -0.2) is 32.2 Å². The molecule has 1 aliphatic rings. The maximum Gasteiger partial charge on any atom is 0.191 e. The summed E-state index contributed by atoms with van der Waals surface area (Å²) < 4.78 is 5.54. The van der Waals surface area contributed by atoms with E-state index < -0.39 is 0 Å². The van der Waals surface area contributed by atoms with Crippen LogP contribution < -0.4 is 15.4 Å². The molecule has 0 radical (unpaired) electrons. The van der Waals surface area contributed by atoms with Crippen molar-refractivity contribution < 1.29 is 4.74 Å². The number of nitrogens with one attached hydrogen (secondary N) is 2. The summed E-state index contributed by atoms with van der Waals surface area (Å²) in [5.74, 6) is 2.55. The summed E-state index contributed by atoms with van der Waals surface area (Å²) in [7, 11) is 0. The van der Waals surface area contributed by atoms with Crippen LogP contribution >= 0.6 is 24.0 Å². The van der Waals surface area contributed by atoms with Gasteiger partial charge in [0.2, 0.25) is 0 Å². The highest BCUT2D eigenvalue weighted by Crippen LogP contribution is 2.25. The molecule has 1 aromatic carbocycles. The van der Waals surface area contributed by atoms with E-state index in [0.717, 1.165) is 50.8 Å². The van der Waals surface area contributed by atoms with Crippen molar-refractivity contribution in [1.29, 1.82) is 0 Å². The fraction of sp³-hybridized carbons (Fsp3) is 0.588. The van der Waals surface area contributed by atoms with Gasteiger partial charge in [-0.15, -0.1) is 24.0 Å². The minimum absolute atomic E-state index is 0. The highest BCUT2D eigenvalue weighted by atomic mass is 127. The van der Waals surface area contributed by atoms with Crippen LogP contribution in [0.25, 0.3) is 0 Å². The second kappa shape index (κ2) is 9.92. The van der Waals surface area contributed by atoms with Gasteiger partial charge in [-0.1, -0.05) is 26.0 Å². The maximum atomic E-state index is 5.54. The molecule has 1 aliphatic heterocycles. The molecule has 0 amide bonds. The van der Waals surface area contributed by atoms with Gasteiger partial charge >= 0.3 is 0 Å². The van der Waals surface area contributed by atoms with Crippen LogP contribution in [0.2, 0.25) is 0 Å². The molecular weight excluding hydrogens is 389 g/mol. The summed E-state index contributed by atoms with van der Waals surface area (Å²) >= 11 is 0. The van der Waals surface area contributed by atoms with Crippen molar-refractivity contribution in [2.24, 2.45) is 10.9 Å². The standard InChI is InChI=1S/C17H27N3O.HI/c1-4-18-17(20-12-13(2)3)19-9-7-14-5-6-16-15(11-14)8-10-21-16;/h5-6,11,13H,4,7-10,12H2,1-3H3,(H2,18,19,20);1H. The number of fused-ring (bicyclic) bond motifs is 1. The van der Waals surface area contributed by atoms with Crippen LogP contribution in [0.5, 0.6) is 5.75 Å². The van der Waals surface area contributed by atoms with E-state index in [1.54, 1.807) is 0 Å². The van der Waals surface area contributed by atoms with Crippen molar-refractivity contribution in [3.05, 3.63) is 29.3 Å². The number of nitrogens with zero attached hydrogens (tertiary/aromatic N) is 1. The Hall–Kier alpha value is -0.980. The fourth-order valence-electron chi connectivity index (χ4n) is 2.34. The number of benzene rings is 1. The molecule has 5 heteroatoms. The molecule has 0 fully saturated rings. The average Bonchev–Trinajstić information content (AvgIpc) is 2.92. The van der Waals surface area contributed by atoms with Gasteiger partial charge < -0.3 is 15.4 Å². The second-order valence-electron chi connectivity index (χ2n) is 5.83. The van der Waals surface area contributed by atoms with Gasteiger partial charge in [0.1, 0.15) is 5.75 Å². The monoisotopic (exact) mass is 417 g/mol. The third-order valence-electron chi connectivity index (χ3n) is 3.42. The topological polar surface area (TPSA) is 45.7 Å². The predicted molar refractivity (Wildman–Crippen MR) is 104 cm³/mol. The molecule has 0 unspecified atom stereocenters. The van der Waals surface area contributed by atoms with E-state index in [9.17, 15) is 0 Å². The van der Waals surface area contributed by atoms with Crippen molar-refractivity contribution in [3.8, 4) is 5.75 Å². The first-order valence-electron chi connectivity index (χ1n) is 7.95. The molecule has 0 saturated heterocycles. The van der Waals surface area contributed by atoms with Gasteiger partial charge in [0.25, 0.3) is 0 Å². The second-order valence-corrected chi connectivity index (χ2v) is 5.83. The highest BCUT2D eigenvalue weighted by molar-refractivity contribution is 14.0. The van der Waals surface area contributed by atoms with Gasteiger partial charge in [0.15, 0.2) is 5.96 Å². The first kappa shape index (κ1) is 19.1. The van der Waals surface area contributed by atoms with Gasteiger partial charge in [-0.05, 0) is 36.5 Å². The van der Waals surface area contributed by atoms with Crippen LogP contribution in [0.1, 0.15) is 31.9 Å². The molecular formula is C17H28IN3O. The molecule has 2 N–H and O–H groups in total. The maximum absolute atomic E-state index is 5.54. The molecule has 1 heterocycles. The van der Waals surface area contributed by atoms with Crippen LogP contribution in [0.15, 0.2) is 23.2 Å². The van der Waals surface area contributed by atoms with Crippen LogP contribution in [0.3, 0.4) is 0 Å². The van der Waals surface area contributed by atoms with E-state index in [-0.39, 0.29) is 24.0 Å². The summed E-state index contributed by atoms with van der Waals surface area (Å²) in [5.41, 5.74) is 2.69. The Labute approximate surface area is 151 Å². The predicted octanol–water partition coefficient (Wildman–Crippen LogP) is 2.99. The van der Waals surface area contributed by atoms with Crippen LogP contribution in [-0.2, 0) is 12.8 Å². The quantitative estimate of drug-likeness (QED) is 0.425. The smallest absolute Gasteiger partial charge is 0.191 e. The normalized spacial score (nSPS) is 13.4. The third kappa shape index (κ3) is 6.02. The summed E-state index contributed by atoms with van der Waals surface area (Å²) in [4.78, 5) is 4.58. The molecule has 124 valence electrons. The summed E-state index contributed by atoms with van der Waals surface area (Å²) in [6.07, 6.45) is 2.04.